The minimum Gasteiger partial charge on any atom is -0.353 e. The zero-order valence-corrected chi connectivity index (χ0v) is 15.6. The molecule has 1 amide bonds. The van der Waals surface area contributed by atoms with Gasteiger partial charge in [-0.25, -0.2) is 19.3 Å². The van der Waals surface area contributed by atoms with Crippen molar-refractivity contribution in [3.05, 3.63) is 66.3 Å². The van der Waals surface area contributed by atoms with Crippen molar-refractivity contribution in [3.8, 4) is 5.82 Å². The fraction of sp³-hybridized carbons (Fsp3) is 0.300. The van der Waals surface area contributed by atoms with Crippen molar-refractivity contribution >= 4 is 11.7 Å². The van der Waals surface area contributed by atoms with E-state index in [9.17, 15) is 9.18 Å². The summed E-state index contributed by atoms with van der Waals surface area (Å²) in [5, 5.41) is 0. The van der Waals surface area contributed by atoms with Gasteiger partial charge in [-0.1, -0.05) is 18.2 Å². The molecule has 144 valence electrons. The number of halogens is 1. The molecule has 7 nitrogen and oxygen atoms in total. The van der Waals surface area contributed by atoms with Crippen LogP contribution in [0.4, 0.5) is 10.2 Å². The first-order valence-electron chi connectivity index (χ1n) is 9.20. The average molecular weight is 380 g/mol. The van der Waals surface area contributed by atoms with Crippen molar-refractivity contribution in [1.82, 2.24) is 24.4 Å². The highest BCUT2D eigenvalue weighted by atomic mass is 19.1. The third kappa shape index (κ3) is 3.71. The second kappa shape index (κ2) is 7.75. The number of rotatable bonds is 4. The molecule has 1 saturated heterocycles. The second-order valence-electron chi connectivity index (χ2n) is 6.71. The van der Waals surface area contributed by atoms with Crippen LogP contribution in [0.5, 0.6) is 0 Å². The Morgan fingerprint density at radius 3 is 2.54 bits per heavy atom. The molecule has 1 fully saturated rings. The maximum absolute atomic E-state index is 13.8. The molecular weight excluding hydrogens is 359 g/mol. The van der Waals surface area contributed by atoms with Crippen LogP contribution in [0, 0.1) is 12.7 Å². The number of hydrogen-bond acceptors (Lipinski definition) is 5. The molecule has 2 aromatic heterocycles. The lowest BCUT2D eigenvalue weighted by atomic mass is 10.1. The van der Waals surface area contributed by atoms with Gasteiger partial charge in [-0.3, -0.25) is 9.36 Å². The van der Waals surface area contributed by atoms with Crippen molar-refractivity contribution < 1.29 is 9.18 Å². The van der Waals surface area contributed by atoms with Crippen LogP contribution >= 0.6 is 0 Å². The predicted octanol–water partition coefficient (Wildman–Crippen LogP) is 2.00. The van der Waals surface area contributed by atoms with Crippen molar-refractivity contribution in [2.75, 3.05) is 31.1 Å². The number of nitrogens with zero attached hydrogens (tertiary/aromatic N) is 6. The molecule has 0 atom stereocenters. The molecule has 0 saturated carbocycles. The zero-order chi connectivity index (χ0) is 19.5. The highest BCUT2D eigenvalue weighted by Gasteiger charge is 2.23. The highest BCUT2D eigenvalue weighted by Crippen LogP contribution is 2.17. The summed E-state index contributed by atoms with van der Waals surface area (Å²) >= 11 is 0. The summed E-state index contributed by atoms with van der Waals surface area (Å²) in [6.45, 7) is 4.42. The Labute approximate surface area is 162 Å². The van der Waals surface area contributed by atoms with E-state index < -0.39 is 0 Å². The van der Waals surface area contributed by atoms with Crippen LogP contribution in [-0.4, -0.2) is 56.5 Å². The van der Waals surface area contributed by atoms with Crippen molar-refractivity contribution in [3.63, 3.8) is 0 Å². The first-order chi connectivity index (χ1) is 13.6. The lowest BCUT2D eigenvalue weighted by Crippen LogP contribution is -2.49. The van der Waals surface area contributed by atoms with Crippen LogP contribution in [0.3, 0.4) is 0 Å². The van der Waals surface area contributed by atoms with Gasteiger partial charge in [0, 0.05) is 44.6 Å². The van der Waals surface area contributed by atoms with Gasteiger partial charge < -0.3 is 9.80 Å². The maximum atomic E-state index is 13.8. The van der Waals surface area contributed by atoms with Crippen LogP contribution in [-0.2, 0) is 11.2 Å². The van der Waals surface area contributed by atoms with E-state index in [4.69, 9.17) is 0 Å². The Morgan fingerprint density at radius 2 is 1.82 bits per heavy atom. The summed E-state index contributed by atoms with van der Waals surface area (Å²) < 4.78 is 15.7. The molecule has 0 bridgehead atoms. The predicted molar refractivity (Wildman–Crippen MR) is 103 cm³/mol. The molecule has 28 heavy (non-hydrogen) atoms. The minimum absolute atomic E-state index is 0.0535. The summed E-state index contributed by atoms with van der Waals surface area (Å²) in [5.74, 6) is 2.05. The van der Waals surface area contributed by atoms with Crippen LogP contribution in [0.2, 0.25) is 0 Å². The molecule has 0 unspecified atom stereocenters. The van der Waals surface area contributed by atoms with Gasteiger partial charge in [0.15, 0.2) is 0 Å². The molecule has 4 rings (SSSR count). The molecule has 8 heteroatoms. The third-order valence-corrected chi connectivity index (χ3v) is 4.97. The van der Waals surface area contributed by atoms with Crippen molar-refractivity contribution in [1.29, 1.82) is 0 Å². The normalized spacial score (nSPS) is 14.4. The first-order valence-corrected chi connectivity index (χ1v) is 9.20. The smallest absolute Gasteiger partial charge is 0.227 e. The summed E-state index contributed by atoms with van der Waals surface area (Å²) in [7, 11) is 0. The number of anilines is 1. The fourth-order valence-electron chi connectivity index (χ4n) is 3.36. The van der Waals surface area contributed by atoms with E-state index in [2.05, 4.69) is 19.9 Å². The summed E-state index contributed by atoms with van der Waals surface area (Å²) in [6.07, 6.45) is 5.22. The molecular formula is C20H21FN6O. The molecule has 0 spiro atoms. The summed E-state index contributed by atoms with van der Waals surface area (Å²) in [4.78, 5) is 29.4. The zero-order valence-electron chi connectivity index (χ0n) is 15.6. The van der Waals surface area contributed by atoms with Gasteiger partial charge in [0.1, 0.15) is 29.6 Å². The lowest BCUT2D eigenvalue weighted by molar-refractivity contribution is -0.130. The Morgan fingerprint density at radius 1 is 1.07 bits per heavy atom. The van der Waals surface area contributed by atoms with Gasteiger partial charge in [-0.15, -0.1) is 0 Å². The van der Waals surface area contributed by atoms with Gasteiger partial charge in [-0.05, 0) is 18.6 Å². The Balaban J connectivity index is 1.40. The first kappa shape index (κ1) is 18.1. The van der Waals surface area contributed by atoms with Gasteiger partial charge >= 0.3 is 0 Å². The van der Waals surface area contributed by atoms with Crippen molar-refractivity contribution in [2.24, 2.45) is 0 Å². The van der Waals surface area contributed by atoms with Crippen LogP contribution in [0.25, 0.3) is 5.82 Å². The quantitative estimate of drug-likeness (QED) is 0.693. The van der Waals surface area contributed by atoms with Crippen molar-refractivity contribution in [2.45, 2.75) is 13.3 Å². The van der Waals surface area contributed by atoms with Gasteiger partial charge in [0.25, 0.3) is 0 Å². The molecule has 1 aliphatic heterocycles. The number of carbonyl (C=O) groups is 1. The lowest BCUT2D eigenvalue weighted by Gasteiger charge is -2.35. The van der Waals surface area contributed by atoms with Crippen LogP contribution in [0.15, 0.2) is 49.1 Å². The second-order valence-corrected chi connectivity index (χ2v) is 6.71. The standard InChI is InChI=1S/C20H21FN6O/c1-15-22-6-7-27(15)19-13-18(23-14-24-19)25-8-10-26(11-9-25)20(28)12-16-4-2-3-5-17(16)21/h2-7,13-14H,8-12H2,1H3. The molecule has 3 aromatic rings. The Hall–Kier alpha value is -3.29. The van der Waals surface area contributed by atoms with E-state index in [0.717, 1.165) is 17.5 Å². The number of benzene rings is 1. The van der Waals surface area contributed by atoms with E-state index in [-0.39, 0.29) is 18.1 Å². The van der Waals surface area contributed by atoms with Gasteiger partial charge in [0.05, 0.1) is 6.42 Å². The topological polar surface area (TPSA) is 67.2 Å². The van der Waals surface area contributed by atoms with E-state index >= 15 is 0 Å². The Kier molecular flexibility index (Phi) is 5.01. The number of piperazine rings is 1. The summed E-state index contributed by atoms with van der Waals surface area (Å²) in [6, 6.07) is 8.34. The fourth-order valence-corrected chi connectivity index (χ4v) is 3.36. The van der Waals surface area contributed by atoms with Gasteiger partial charge in [-0.2, -0.15) is 0 Å². The highest BCUT2D eigenvalue weighted by molar-refractivity contribution is 5.79. The Bertz CT molecular complexity index is 980. The number of hydrogen-bond donors (Lipinski definition) is 0. The van der Waals surface area contributed by atoms with Gasteiger partial charge in [0.2, 0.25) is 5.91 Å². The van der Waals surface area contributed by atoms with E-state index in [0.29, 0.717) is 31.7 Å². The number of aryl methyl sites for hydroxylation is 1. The van der Waals surface area contributed by atoms with Crippen LogP contribution in [0.1, 0.15) is 11.4 Å². The largest absolute Gasteiger partial charge is 0.353 e. The summed E-state index contributed by atoms with van der Waals surface area (Å²) in [5.41, 5.74) is 0.436. The molecule has 0 radical (unpaired) electrons. The number of aromatic nitrogens is 4. The number of amides is 1. The minimum atomic E-state index is -0.335. The molecule has 0 N–H and O–H groups in total. The van der Waals surface area contributed by atoms with Crippen LogP contribution < -0.4 is 4.90 Å². The number of carbonyl (C=O) groups excluding carboxylic acids is 1. The maximum Gasteiger partial charge on any atom is 0.227 e. The molecule has 1 aromatic carbocycles. The average Bonchev–Trinajstić information content (AvgIpc) is 3.16. The van der Waals surface area contributed by atoms with E-state index in [1.54, 1.807) is 35.6 Å². The third-order valence-electron chi connectivity index (χ3n) is 4.97. The number of imidazole rings is 1. The molecule has 1 aliphatic rings. The molecule has 0 aliphatic carbocycles. The SMILES string of the molecule is Cc1nccn1-c1cc(N2CCN(C(=O)Cc3ccccc3F)CC2)ncn1. The monoisotopic (exact) mass is 380 g/mol. The van der Waals surface area contributed by atoms with E-state index in [1.165, 1.54) is 6.07 Å². The van der Waals surface area contributed by atoms with E-state index in [1.807, 2.05) is 23.8 Å². The molecule has 3 heterocycles.